The maximum Gasteiger partial charge on any atom is 0.167 e. The van der Waals surface area contributed by atoms with E-state index in [2.05, 4.69) is 4.98 Å². The Labute approximate surface area is 110 Å². The van der Waals surface area contributed by atoms with Crippen molar-refractivity contribution in [2.75, 3.05) is 0 Å². The molecule has 0 amide bonds. The van der Waals surface area contributed by atoms with Gasteiger partial charge < -0.3 is 0 Å². The van der Waals surface area contributed by atoms with Gasteiger partial charge in [0, 0.05) is 23.4 Å². The molecule has 2 aromatic rings. The molecule has 0 spiro atoms. The molecule has 19 heavy (non-hydrogen) atoms. The largest absolute Gasteiger partial charge is 0.294 e. The monoisotopic (exact) mass is 261 g/mol. The van der Waals surface area contributed by atoms with Crippen LogP contribution in [0.25, 0.3) is 0 Å². The number of hydrogen-bond acceptors (Lipinski definition) is 2. The topological polar surface area (TPSA) is 30.0 Å². The van der Waals surface area contributed by atoms with Crippen molar-refractivity contribution in [1.82, 2.24) is 4.98 Å². The summed E-state index contributed by atoms with van der Waals surface area (Å²) in [7, 11) is 0. The number of Topliss-reactive ketones (excluding diaryl/α,β-unsaturated/α-hetero) is 1. The molecule has 2 nitrogen and oxygen atoms in total. The lowest BCUT2D eigenvalue weighted by Gasteiger charge is -2.04. The van der Waals surface area contributed by atoms with Crippen molar-refractivity contribution in [3.8, 4) is 0 Å². The summed E-state index contributed by atoms with van der Waals surface area (Å²) >= 11 is 0. The first-order valence-corrected chi connectivity index (χ1v) is 5.88. The Hall–Kier alpha value is -2.10. The van der Waals surface area contributed by atoms with Crippen LogP contribution < -0.4 is 0 Å². The Balaban J connectivity index is 2.22. The second-order valence-corrected chi connectivity index (χ2v) is 4.49. The smallest absolute Gasteiger partial charge is 0.167 e. The molecule has 1 aromatic carbocycles. The van der Waals surface area contributed by atoms with Crippen molar-refractivity contribution in [1.29, 1.82) is 0 Å². The SMILES string of the molecule is Cc1cc(C(=O)Cc2ccc(F)c(F)c2)cc(C)n1. The van der Waals surface area contributed by atoms with Gasteiger partial charge in [-0.05, 0) is 43.7 Å². The molecule has 0 atom stereocenters. The molecule has 0 aliphatic rings. The molecular weight excluding hydrogens is 248 g/mol. The lowest BCUT2D eigenvalue weighted by Crippen LogP contribution is -2.06. The van der Waals surface area contributed by atoms with Crippen molar-refractivity contribution < 1.29 is 13.6 Å². The highest BCUT2D eigenvalue weighted by Gasteiger charge is 2.10. The van der Waals surface area contributed by atoms with Crippen molar-refractivity contribution >= 4 is 5.78 Å². The summed E-state index contributed by atoms with van der Waals surface area (Å²) in [6, 6.07) is 6.87. The minimum atomic E-state index is -0.938. The first-order chi connectivity index (χ1) is 8.95. The molecule has 0 bridgehead atoms. The van der Waals surface area contributed by atoms with E-state index >= 15 is 0 Å². The highest BCUT2D eigenvalue weighted by atomic mass is 19.2. The lowest BCUT2D eigenvalue weighted by molar-refractivity contribution is 0.0992. The van der Waals surface area contributed by atoms with Crippen LogP contribution in [0.5, 0.6) is 0 Å². The van der Waals surface area contributed by atoms with Crippen LogP contribution in [0.3, 0.4) is 0 Å². The minimum Gasteiger partial charge on any atom is -0.294 e. The van der Waals surface area contributed by atoms with Gasteiger partial charge in [-0.3, -0.25) is 9.78 Å². The van der Waals surface area contributed by atoms with Gasteiger partial charge in [-0.25, -0.2) is 8.78 Å². The molecule has 0 aliphatic carbocycles. The average molecular weight is 261 g/mol. The van der Waals surface area contributed by atoms with Gasteiger partial charge in [0.25, 0.3) is 0 Å². The van der Waals surface area contributed by atoms with Crippen LogP contribution in [0.1, 0.15) is 27.3 Å². The summed E-state index contributed by atoms with van der Waals surface area (Å²) in [5.41, 5.74) is 2.51. The van der Waals surface area contributed by atoms with Gasteiger partial charge in [-0.2, -0.15) is 0 Å². The molecular formula is C15H13F2NO. The third-order valence-corrected chi connectivity index (χ3v) is 2.75. The maximum atomic E-state index is 13.1. The first kappa shape index (κ1) is 13.3. The molecule has 0 aliphatic heterocycles. The Morgan fingerprint density at radius 3 is 2.26 bits per heavy atom. The molecule has 1 aromatic heterocycles. The van der Waals surface area contributed by atoms with Crippen LogP contribution in [0.2, 0.25) is 0 Å². The third kappa shape index (κ3) is 3.22. The van der Waals surface area contributed by atoms with Crippen molar-refractivity contribution in [3.05, 3.63) is 64.5 Å². The standard InChI is InChI=1S/C15H13F2NO/c1-9-5-12(6-10(2)18-9)15(19)8-11-3-4-13(16)14(17)7-11/h3-7H,8H2,1-2H3. The first-order valence-electron chi connectivity index (χ1n) is 5.88. The number of aromatic nitrogens is 1. The van der Waals surface area contributed by atoms with Crippen molar-refractivity contribution in [2.24, 2.45) is 0 Å². The van der Waals surface area contributed by atoms with Gasteiger partial charge in [-0.1, -0.05) is 6.07 Å². The molecule has 2 rings (SSSR count). The summed E-state index contributed by atoms with van der Waals surface area (Å²) in [5.74, 6) is -1.99. The van der Waals surface area contributed by atoms with E-state index in [1.807, 2.05) is 0 Å². The lowest BCUT2D eigenvalue weighted by atomic mass is 10.0. The number of carbonyl (C=O) groups excluding carboxylic acids is 1. The predicted molar refractivity (Wildman–Crippen MR) is 68.1 cm³/mol. The van der Waals surface area contributed by atoms with E-state index in [0.29, 0.717) is 11.1 Å². The Morgan fingerprint density at radius 2 is 1.68 bits per heavy atom. The van der Waals surface area contributed by atoms with E-state index in [0.717, 1.165) is 23.5 Å². The zero-order valence-corrected chi connectivity index (χ0v) is 10.7. The van der Waals surface area contributed by atoms with Crippen LogP contribution >= 0.6 is 0 Å². The number of hydrogen-bond donors (Lipinski definition) is 0. The van der Waals surface area contributed by atoms with Gasteiger partial charge in [0.05, 0.1) is 0 Å². The molecule has 0 saturated heterocycles. The molecule has 0 fully saturated rings. The second kappa shape index (κ2) is 5.26. The Morgan fingerprint density at radius 1 is 1.05 bits per heavy atom. The fraction of sp³-hybridized carbons (Fsp3) is 0.200. The Kier molecular flexibility index (Phi) is 3.69. The summed E-state index contributed by atoms with van der Waals surface area (Å²) in [5, 5.41) is 0. The summed E-state index contributed by atoms with van der Waals surface area (Å²) in [6.45, 7) is 3.61. The van der Waals surface area contributed by atoms with Gasteiger partial charge in [0.2, 0.25) is 0 Å². The Bertz CT molecular complexity index is 618. The van der Waals surface area contributed by atoms with Crippen LogP contribution in [0.4, 0.5) is 8.78 Å². The number of benzene rings is 1. The zero-order valence-electron chi connectivity index (χ0n) is 10.7. The second-order valence-electron chi connectivity index (χ2n) is 4.49. The van der Waals surface area contributed by atoms with Crippen LogP contribution in [-0.4, -0.2) is 10.8 Å². The molecule has 0 radical (unpaired) electrons. The summed E-state index contributed by atoms with van der Waals surface area (Å²) in [6.07, 6.45) is 0.0418. The molecule has 0 saturated carbocycles. The predicted octanol–water partition coefficient (Wildman–Crippen LogP) is 3.40. The number of ketones is 1. The molecule has 0 unspecified atom stereocenters. The molecule has 4 heteroatoms. The normalized spacial score (nSPS) is 10.5. The zero-order chi connectivity index (χ0) is 14.0. The fourth-order valence-electron chi connectivity index (χ4n) is 1.93. The van der Waals surface area contributed by atoms with Crippen LogP contribution in [-0.2, 0) is 6.42 Å². The van der Waals surface area contributed by atoms with E-state index in [1.165, 1.54) is 6.07 Å². The van der Waals surface area contributed by atoms with E-state index < -0.39 is 11.6 Å². The van der Waals surface area contributed by atoms with Crippen molar-refractivity contribution in [3.63, 3.8) is 0 Å². The molecule has 1 heterocycles. The number of halogens is 2. The van der Waals surface area contributed by atoms with Crippen molar-refractivity contribution in [2.45, 2.75) is 20.3 Å². The van der Waals surface area contributed by atoms with E-state index in [4.69, 9.17) is 0 Å². The van der Waals surface area contributed by atoms with Gasteiger partial charge in [0.15, 0.2) is 17.4 Å². The quantitative estimate of drug-likeness (QED) is 0.792. The third-order valence-electron chi connectivity index (χ3n) is 2.75. The van der Waals surface area contributed by atoms with E-state index in [9.17, 15) is 13.6 Å². The highest BCUT2D eigenvalue weighted by Crippen LogP contribution is 2.13. The van der Waals surface area contributed by atoms with Gasteiger partial charge in [0.1, 0.15) is 0 Å². The molecule has 98 valence electrons. The van der Waals surface area contributed by atoms with E-state index in [-0.39, 0.29) is 12.2 Å². The van der Waals surface area contributed by atoms with E-state index in [1.54, 1.807) is 26.0 Å². The number of rotatable bonds is 3. The molecule has 0 N–H and O–H groups in total. The summed E-state index contributed by atoms with van der Waals surface area (Å²) < 4.78 is 25.9. The maximum absolute atomic E-state index is 13.1. The summed E-state index contributed by atoms with van der Waals surface area (Å²) in [4.78, 5) is 16.3. The van der Waals surface area contributed by atoms with Gasteiger partial charge in [-0.15, -0.1) is 0 Å². The van der Waals surface area contributed by atoms with Crippen LogP contribution in [0, 0.1) is 25.5 Å². The minimum absolute atomic E-state index is 0.0418. The fourth-order valence-corrected chi connectivity index (χ4v) is 1.93. The number of pyridine rings is 1. The highest BCUT2D eigenvalue weighted by molar-refractivity contribution is 5.97. The van der Waals surface area contributed by atoms with Gasteiger partial charge >= 0.3 is 0 Å². The number of aryl methyl sites for hydroxylation is 2. The van der Waals surface area contributed by atoms with Crippen LogP contribution in [0.15, 0.2) is 30.3 Å². The number of carbonyl (C=O) groups is 1. The average Bonchev–Trinajstić information content (AvgIpc) is 2.32. The number of nitrogens with zero attached hydrogens (tertiary/aromatic N) is 1.